The van der Waals surface area contributed by atoms with Crippen LogP contribution in [0, 0.1) is 0 Å². The van der Waals surface area contributed by atoms with Crippen LogP contribution in [0.3, 0.4) is 0 Å². The highest BCUT2D eigenvalue weighted by Crippen LogP contribution is 2.16. The van der Waals surface area contributed by atoms with Gasteiger partial charge in [-0.2, -0.15) is 28.1 Å². The number of nitrogens with zero attached hydrogens (tertiary/aromatic N) is 5. The predicted octanol–water partition coefficient (Wildman–Crippen LogP) is 1.46. The third-order valence-electron chi connectivity index (χ3n) is 2.14. The summed E-state index contributed by atoms with van der Waals surface area (Å²) in [5.74, 6) is 0.214. The molecule has 0 aromatic carbocycles. The molecular weight excluding hydrogens is 275 g/mol. The molecule has 0 aliphatic carbocycles. The first kappa shape index (κ1) is 14.0. The Balaban J connectivity index is 2.26. The first-order chi connectivity index (χ1) is 9.48. The Bertz CT molecular complexity index is 552. The van der Waals surface area contributed by atoms with Gasteiger partial charge in [-0.3, -0.25) is 4.57 Å². The molecule has 0 saturated carbocycles. The summed E-state index contributed by atoms with van der Waals surface area (Å²) in [6.07, 6.45) is 0.191. The number of aromatic nitrogens is 5. The molecule has 0 fully saturated rings. The van der Waals surface area contributed by atoms with E-state index >= 15 is 0 Å². The van der Waals surface area contributed by atoms with Crippen molar-refractivity contribution < 1.29 is 13.2 Å². The Morgan fingerprint density at radius 1 is 1.15 bits per heavy atom. The fourth-order valence-corrected chi connectivity index (χ4v) is 1.35. The zero-order valence-electron chi connectivity index (χ0n) is 10.5. The molecule has 2 rings (SSSR count). The van der Waals surface area contributed by atoms with E-state index in [-0.39, 0.29) is 17.8 Å². The fourth-order valence-electron chi connectivity index (χ4n) is 1.35. The summed E-state index contributed by atoms with van der Waals surface area (Å²) in [5, 5.41) is 4.95. The molecule has 0 spiro atoms. The number of hydrogen-bond acceptors (Lipinski definition) is 6. The fraction of sp³-hybridized carbons (Fsp3) is 0.400. The zero-order chi connectivity index (χ0) is 14.6. The second-order valence-electron chi connectivity index (χ2n) is 3.75. The van der Waals surface area contributed by atoms with Gasteiger partial charge < -0.3 is 10.6 Å². The quantitative estimate of drug-likeness (QED) is 0.866. The lowest BCUT2D eigenvalue weighted by molar-refractivity contribution is -0.115. The summed E-state index contributed by atoms with van der Waals surface area (Å²) in [6.45, 7) is 1.14. The standard InChI is InChI=1S/C10H12F3N7/c1-2-15-7-17-8(16-5-10(11,12)13)19-9(18-7)20-4-3-14-6-20/h3-4,6H,2,5H2,1H3,(H2,15,16,17,18,19). The number of nitrogens with one attached hydrogen (secondary N) is 2. The van der Waals surface area contributed by atoms with E-state index in [9.17, 15) is 13.2 Å². The van der Waals surface area contributed by atoms with Gasteiger partial charge >= 0.3 is 6.18 Å². The molecule has 2 aromatic heterocycles. The van der Waals surface area contributed by atoms with Crippen molar-refractivity contribution in [1.82, 2.24) is 24.5 Å². The van der Waals surface area contributed by atoms with Crippen LogP contribution in [0.1, 0.15) is 6.92 Å². The molecule has 0 radical (unpaired) electrons. The molecule has 0 aliphatic rings. The van der Waals surface area contributed by atoms with Crippen molar-refractivity contribution >= 4 is 11.9 Å². The van der Waals surface area contributed by atoms with Crippen LogP contribution in [0.15, 0.2) is 18.7 Å². The maximum Gasteiger partial charge on any atom is 0.405 e. The third-order valence-corrected chi connectivity index (χ3v) is 2.14. The van der Waals surface area contributed by atoms with Gasteiger partial charge in [0.25, 0.3) is 0 Å². The maximum atomic E-state index is 12.2. The van der Waals surface area contributed by atoms with Gasteiger partial charge in [0.15, 0.2) is 0 Å². The van der Waals surface area contributed by atoms with Crippen LogP contribution in [0.5, 0.6) is 0 Å². The number of halogens is 3. The lowest BCUT2D eigenvalue weighted by Gasteiger charge is -2.11. The topological polar surface area (TPSA) is 80.5 Å². The predicted molar refractivity (Wildman–Crippen MR) is 65.7 cm³/mol. The van der Waals surface area contributed by atoms with Gasteiger partial charge in [-0.15, -0.1) is 0 Å². The zero-order valence-corrected chi connectivity index (χ0v) is 10.5. The summed E-state index contributed by atoms with van der Waals surface area (Å²) in [4.78, 5) is 15.7. The first-order valence-corrected chi connectivity index (χ1v) is 5.77. The van der Waals surface area contributed by atoms with E-state index in [1.165, 1.54) is 17.1 Å². The van der Waals surface area contributed by atoms with E-state index in [1.54, 1.807) is 6.20 Å². The minimum atomic E-state index is -4.35. The van der Waals surface area contributed by atoms with Gasteiger partial charge in [0.1, 0.15) is 12.9 Å². The molecule has 20 heavy (non-hydrogen) atoms. The van der Waals surface area contributed by atoms with E-state index in [0.29, 0.717) is 6.54 Å². The van der Waals surface area contributed by atoms with E-state index in [1.807, 2.05) is 6.92 Å². The molecule has 2 N–H and O–H groups in total. The molecule has 2 heterocycles. The van der Waals surface area contributed by atoms with Crippen LogP contribution in [0.4, 0.5) is 25.1 Å². The Kier molecular flexibility index (Phi) is 4.01. The SMILES string of the molecule is CCNc1nc(NCC(F)(F)F)nc(-n2ccnc2)n1. The average molecular weight is 287 g/mol. The molecule has 2 aromatic rings. The largest absolute Gasteiger partial charge is 0.405 e. The van der Waals surface area contributed by atoms with Gasteiger partial charge in [0.2, 0.25) is 17.8 Å². The van der Waals surface area contributed by atoms with Crippen molar-refractivity contribution in [3.8, 4) is 5.95 Å². The molecule has 0 saturated heterocycles. The minimum Gasteiger partial charge on any atom is -0.354 e. The number of anilines is 2. The molecule has 0 aliphatic heterocycles. The Labute approximate surface area is 112 Å². The normalized spacial score (nSPS) is 11.4. The average Bonchev–Trinajstić information content (AvgIpc) is 2.89. The Morgan fingerprint density at radius 2 is 1.85 bits per heavy atom. The van der Waals surface area contributed by atoms with Crippen molar-refractivity contribution in [2.75, 3.05) is 23.7 Å². The molecule has 0 atom stereocenters. The second-order valence-corrected chi connectivity index (χ2v) is 3.75. The smallest absolute Gasteiger partial charge is 0.354 e. The molecule has 0 amide bonds. The number of rotatable bonds is 5. The second kappa shape index (κ2) is 5.72. The van der Waals surface area contributed by atoms with Crippen LogP contribution in [-0.2, 0) is 0 Å². The maximum absolute atomic E-state index is 12.2. The monoisotopic (exact) mass is 287 g/mol. The van der Waals surface area contributed by atoms with Crippen molar-refractivity contribution in [3.63, 3.8) is 0 Å². The van der Waals surface area contributed by atoms with Gasteiger partial charge in [-0.05, 0) is 6.92 Å². The third kappa shape index (κ3) is 3.80. The van der Waals surface area contributed by atoms with Crippen LogP contribution < -0.4 is 10.6 Å². The van der Waals surface area contributed by atoms with Crippen LogP contribution in [0.25, 0.3) is 5.95 Å². The molecule has 108 valence electrons. The highest BCUT2D eigenvalue weighted by Gasteiger charge is 2.27. The summed E-state index contributed by atoms with van der Waals surface area (Å²) in [5.41, 5.74) is 0. The van der Waals surface area contributed by atoms with Gasteiger partial charge in [0, 0.05) is 18.9 Å². The molecule has 7 nitrogen and oxygen atoms in total. The van der Waals surface area contributed by atoms with Crippen LogP contribution >= 0.6 is 0 Å². The highest BCUT2D eigenvalue weighted by molar-refractivity contribution is 5.38. The van der Waals surface area contributed by atoms with E-state index in [4.69, 9.17) is 0 Å². The summed E-state index contributed by atoms with van der Waals surface area (Å²) >= 11 is 0. The van der Waals surface area contributed by atoms with E-state index in [0.717, 1.165) is 0 Å². The molecule has 10 heteroatoms. The summed E-state index contributed by atoms with van der Waals surface area (Å²) in [7, 11) is 0. The molecular formula is C10H12F3N7. The van der Waals surface area contributed by atoms with Gasteiger partial charge in [0.05, 0.1) is 0 Å². The van der Waals surface area contributed by atoms with Crippen LogP contribution in [-0.4, -0.2) is 43.8 Å². The van der Waals surface area contributed by atoms with Crippen molar-refractivity contribution in [2.24, 2.45) is 0 Å². The number of hydrogen-bond donors (Lipinski definition) is 2. The lowest BCUT2D eigenvalue weighted by Crippen LogP contribution is -2.23. The summed E-state index contributed by atoms with van der Waals surface area (Å²) < 4.78 is 38.1. The number of imidazole rings is 1. The highest BCUT2D eigenvalue weighted by atomic mass is 19.4. The van der Waals surface area contributed by atoms with Crippen molar-refractivity contribution in [2.45, 2.75) is 13.1 Å². The summed E-state index contributed by atoms with van der Waals surface area (Å²) in [6, 6.07) is 0. The van der Waals surface area contributed by atoms with Gasteiger partial charge in [-0.25, -0.2) is 4.98 Å². The van der Waals surface area contributed by atoms with Gasteiger partial charge in [-0.1, -0.05) is 0 Å². The Morgan fingerprint density at radius 3 is 2.40 bits per heavy atom. The van der Waals surface area contributed by atoms with Crippen molar-refractivity contribution in [3.05, 3.63) is 18.7 Å². The first-order valence-electron chi connectivity index (χ1n) is 5.77. The lowest BCUT2D eigenvalue weighted by atomic mass is 10.6. The Hall–Kier alpha value is -2.39. The minimum absolute atomic E-state index is 0.156. The number of alkyl halides is 3. The van der Waals surface area contributed by atoms with Crippen LogP contribution in [0.2, 0.25) is 0 Å². The molecule has 0 bridgehead atoms. The van der Waals surface area contributed by atoms with E-state index < -0.39 is 12.7 Å². The molecule has 0 unspecified atom stereocenters. The van der Waals surface area contributed by atoms with Crippen molar-refractivity contribution in [1.29, 1.82) is 0 Å². The van der Waals surface area contributed by atoms with E-state index in [2.05, 4.69) is 30.6 Å².